The van der Waals surface area contributed by atoms with Crippen LogP contribution in [0.5, 0.6) is 0 Å². The number of hydrogen-bond acceptors (Lipinski definition) is 6. The van der Waals surface area contributed by atoms with Gasteiger partial charge in [0.2, 0.25) is 5.91 Å². The van der Waals surface area contributed by atoms with Gasteiger partial charge in [-0.15, -0.1) is 0 Å². The van der Waals surface area contributed by atoms with Crippen molar-refractivity contribution in [3.63, 3.8) is 0 Å². The number of hydrogen-bond donors (Lipinski definition) is 2. The van der Waals surface area contributed by atoms with Crippen LogP contribution in [0.15, 0.2) is 37.2 Å². The van der Waals surface area contributed by atoms with Gasteiger partial charge in [-0.05, 0) is 43.0 Å². The molecule has 2 fully saturated rings. The Morgan fingerprint density at radius 3 is 2.75 bits per heavy atom. The van der Waals surface area contributed by atoms with Gasteiger partial charge in [0.25, 0.3) is 5.91 Å². The molecule has 5 rings (SSSR count). The van der Waals surface area contributed by atoms with E-state index in [0.29, 0.717) is 29.2 Å². The third-order valence-electron chi connectivity index (χ3n) is 6.45. The van der Waals surface area contributed by atoms with Crippen LogP contribution in [0.4, 0.5) is 10.2 Å². The summed E-state index contributed by atoms with van der Waals surface area (Å²) < 4.78 is 16.8. The SMILES string of the molecule is C=CC(=O)N1C[C@H]2CC(n3nc(-c4ccc(C(=O)NC)cc4F)c4c(N)ncnc43)[C@@H]1C2. The Kier molecular flexibility index (Phi) is 4.65. The number of nitrogens with zero attached hydrogens (tertiary/aromatic N) is 5. The third kappa shape index (κ3) is 2.94. The molecule has 1 saturated carbocycles. The van der Waals surface area contributed by atoms with E-state index in [0.717, 1.165) is 12.8 Å². The maximum atomic E-state index is 15.1. The Bertz CT molecular complexity index is 1270. The lowest BCUT2D eigenvalue weighted by molar-refractivity contribution is -0.128. The van der Waals surface area contributed by atoms with Crippen LogP contribution in [0.3, 0.4) is 0 Å². The summed E-state index contributed by atoms with van der Waals surface area (Å²) in [4.78, 5) is 34.5. The van der Waals surface area contributed by atoms with Crippen molar-refractivity contribution in [2.24, 2.45) is 5.92 Å². The average Bonchev–Trinajstić information content (AvgIpc) is 3.51. The molecule has 1 aliphatic heterocycles. The monoisotopic (exact) mass is 435 g/mol. The number of benzene rings is 1. The number of rotatable bonds is 4. The molecule has 1 aliphatic carbocycles. The predicted molar refractivity (Wildman–Crippen MR) is 116 cm³/mol. The number of nitrogen functional groups attached to an aromatic ring is 1. The van der Waals surface area contributed by atoms with E-state index in [1.165, 1.54) is 37.7 Å². The fraction of sp³-hybridized carbons (Fsp3) is 0.318. The van der Waals surface area contributed by atoms with Crippen molar-refractivity contribution in [2.75, 3.05) is 19.3 Å². The minimum Gasteiger partial charge on any atom is -0.383 e. The van der Waals surface area contributed by atoms with Crippen LogP contribution in [0.2, 0.25) is 0 Å². The Morgan fingerprint density at radius 1 is 1.28 bits per heavy atom. The van der Waals surface area contributed by atoms with Gasteiger partial charge >= 0.3 is 0 Å². The van der Waals surface area contributed by atoms with E-state index in [1.54, 1.807) is 4.68 Å². The highest BCUT2D eigenvalue weighted by Gasteiger charge is 2.48. The lowest BCUT2D eigenvalue weighted by Gasteiger charge is -2.32. The summed E-state index contributed by atoms with van der Waals surface area (Å²) in [5.74, 6) is -0.545. The maximum absolute atomic E-state index is 15.1. The van der Waals surface area contributed by atoms with Crippen LogP contribution in [-0.2, 0) is 4.79 Å². The molecule has 164 valence electrons. The van der Waals surface area contributed by atoms with Crippen molar-refractivity contribution in [1.29, 1.82) is 0 Å². The van der Waals surface area contributed by atoms with Crippen LogP contribution in [0, 0.1) is 11.7 Å². The number of amides is 2. The quantitative estimate of drug-likeness (QED) is 0.605. The molecule has 0 radical (unpaired) electrons. The number of nitrogens with two attached hydrogens (primary N) is 1. The molecule has 3 aromatic rings. The van der Waals surface area contributed by atoms with Gasteiger partial charge in [0.15, 0.2) is 5.65 Å². The largest absolute Gasteiger partial charge is 0.383 e. The molecule has 9 nitrogen and oxygen atoms in total. The van der Waals surface area contributed by atoms with Gasteiger partial charge in [-0.1, -0.05) is 6.58 Å². The first-order valence-corrected chi connectivity index (χ1v) is 10.4. The second kappa shape index (κ2) is 7.40. The molecule has 10 heteroatoms. The van der Waals surface area contributed by atoms with Crippen LogP contribution in [0.1, 0.15) is 29.2 Å². The van der Waals surface area contributed by atoms with E-state index >= 15 is 4.39 Å². The first kappa shape index (κ1) is 20.1. The van der Waals surface area contributed by atoms with E-state index in [1.807, 2.05) is 4.90 Å². The topological polar surface area (TPSA) is 119 Å². The second-order valence-electron chi connectivity index (χ2n) is 8.19. The Hall–Kier alpha value is -3.82. The van der Waals surface area contributed by atoms with Crippen LogP contribution in [0.25, 0.3) is 22.3 Å². The van der Waals surface area contributed by atoms with Gasteiger partial charge in [0, 0.05) is 24.7 Å². The van der Waals surface area contributed by atoms with E-state index < -0.39 is 5.82 Å². The van der Waals surface area contributed by atoms with E-state index in [4.69, 9.17) is 10.8 Å². The zero-order valence-corrected chi connectivity index (χ0v) is 17.5. The summed E-state index contributed by atoms with van der Waals surface area (Å²) in [6, 6.07) is 4.05. The van der Waals surface area contributed by atoms with Crippen LogP contribution >= 0.6 is 0 Å². The normalized spacial score (nSPS) is 21.8. The molecule has 2 aliphatic rings. The first-order chi connectivity index (χ1) is 15.4. The summed E-state index contributed by atoms with van der Waals surface area (Å²) in [7, 11) is 1.48. The fourth-order valence-corrected chi connectivity index (χ4v) is 5.03. The van der Waals surface area contributed by atoms with Gasteiger partial charge in [0.05, 0.1) is 17.5 Å². The van der Waals surface area contributed by atoms with Gasteiger partial charge < -0.3 is 16.0 Å². The van der Waals surface area contributed by atoms with Crippen molar-refractivity contribution in [2.45, 2.75) is 24.9 Å². The number of fused-ring (bicyclic) bond motifs is 3. The molecule has 3 N–H and O–H groups in total. The summed E-state index contributed by atoms with van der Waals surface area (Å²) in [6.45, 7) is 4.31. The standard InChI is InChI=1S/C22H22FN7O2/c1-3-17(31)29-9-11-6-15(29)16(7-11)30-21-18(20(24)26-10-27-21)19(28-30)13-5-4-12(8-14(13)23)22(32)25-2/h3-5,8,10-11,15-16H,1,6-7,9H2,2H3,(H,25,32)(H2,24,26,27)/t11-,15+,16?/m1/s1. The van der Waals surface area contributed by atoms with Crippen molar-refractivity contribution in [3.8, 4) is 11.3 Å². The van der Waals surface area contributed by atoms with Gasteiger partial charge in [-0.2, -0.15) is 5.10 Å². The van der Waals surface area contributed by atoms with Crippen LogP contribution < -0.4 is 11.1 Å². The molecule has 2 amide bonds. The summed E-state index contributed by atoms with van der Waals surface area (Å²) in [6.07, 6.45) is 4.39. The lowest BCUT2D eigenvalue weighted by Crippen LogP contribution is -2.42. The predicted octanol–water partition coefficient (Wildman–Crippen LogP) is 1.92. The first-order valence-electron chi connectivity index (χ1n) is 10.4. The summed E-state index contributed by atoms with van der Waals surface area (Å²) in [5.41, 5.74) is 7.36. The molecular formula is C22H22FN7O2. The highest BCUT2D eigenvalue weighted by Crippen LogP contribution is 2.46. The molecule has 32 heavy (non-hydrogen) atoms. The molecular weight excluding hydrogens is 413 g/mol. The third-order valence-corrected chi connectivity index (χ3v) is 6.45. The van der Waals surface area contributed by atoms with Gasteiger partial charge in [-0.25, -0.2) is 19.0 Å². The highest BCUT2D eigenvalue weighted by atomic mass is 19.1. The number of aromatic nitrogens is 4. The molecule has 3 heterocycles. The van der Waals surface area contributed by atoms with Crippen molar-refractivity contribution in [1.82, 2.24) is 30.0 Å². The number of halogens is 1. The average molecular weight is 435 g/mol. The van der Waals surface area contributed by atoms with Crippen LogP contribution in [-0.4, -0.2) is 56.1 Å². The van der Waals surface area contributed by atoms with Crippen molar-refractivity contribution < 1.29 is 14.0 Å². The lowest BCUT2D eigenvalue weighted by atomic mass is 10.1. The van der Waals surface area contributed by atoms with Crippen molar-refractivity contribution in [3.05, 3.63) is 48.6 Å². The zero-order valence-electron chi connectivity index (χ0n) is 17.5. The number of carbonyl (C=O) groups excluding carboxylic acids is 2. The Labute approximate surface area is 183 Å². The number of nitrogens with one attached hydrogen (secondary N) is 1. The fourth-order valence-electron chi connectivity index (χ4n) is 5.03. The van der Waals surface area contributed by atoms with E-state index in [-0.39, 0.29) is 40.8 Å². The molecule has 1 saturated heterocycles. The molecule has 3 atom stereocenters. The molecule has 1 unspecified atom stereocenters. The minimum absolute atomic E-state index is 0.0434. The Balaban J connectivity index is 1.64. The van der Waals surface area contributed by atoms with Gasteiger partial charge in [-0.3, -0.25) is 9.59 Å². The number of piperidine rings is 1. The molecule has 2 aromatic heterocycles. The highest BCUT2D eigenvalue weighted by molar-refractivity contribution is 5.99. The van der Waals surface area contributed by atoms with Crippen molar-refractivity contribution >= 4 is 28.7 Å². The molecule has 0 spiro atoms. The second-order valence-corrected chi connectivity index (χ2v) is 8.19. The molecule has 1 aromatic carbocycles. The maximum Gasteiger partial charge on any atom is 0.251 e. The van der Waals surface area contributed by atoms with E-state index in [2.05, 4.69) is 21.9 Å². The number of carbonyl (C=O) groups is 2. The summed E-state index contributed by atoms with van der Waals surface area (Å²) >= 11 is 0. The molecule has 2 bridgehead atoms. The van der Waals surface area contributed by atoms with Gasteiger partial charge in [0.1, 0.15) is 23.7 Å². The minimum atomic E-state index is -0.600. The smallest absolute Gasteiger partial charge is 0.251 e. The number of anilines is 1. The summed E-state index contributed by atoms with van der Waals surface area (Å²) in [5, 5.41) is 7.65. The zero-order chi connectivity index (χ0) is 22.6. The van der Waals surface area contributed by atoms with E-state index in [9.17, 15) is 9.59 Å². The number of likely N-dealkylation sites (tertiary alicyclic amines) is 1. The Morgan fingerprint density at radius 2 is 2.06 bits per heavy atom.